The maximum absolute atomic E-state index is 13.4. The zero-order valence-corrected chi connectivity index (χ0v) is 12.0. The number of carbonyl (C=O) groups excluding carboxylic acids is 2. The Bertz CT molecular complexity index is 664. The van der Waals surface area contributed by atoms with Crippen molar-refractivity contribution in [1.82, 2.24) is 10.6 Å². The molecule has 0 bridgehead atoms. The van der Waals surface area contributed by atoms with Crippen molar-refractivity contribution in [3.8, 4) is 0 Å². The third kappa shape index (κ3) is 2.55. The first-order chi connectivity index (χ1) is 9.85. The molecule has 0 fully saturated rings. The Balaban J connectivity index is 2.08. The molecule has 0 saturated carbocycles. The lowest BCUT2D eigenvalue weighted by Gasteiger charge is -2.38. The third-order valence-electron chi connectivity index (χ3n) is 3.93. The Kier molecular flexibility index (Phi) is 3.08. The Hall–Kier alpha value is -2.17. The smallest absolute Gasteiger partial charge is 0.319 e. The van der Waals surface area contributed by atoms with E-state index >= 15 is 0 Å². The zero-order valence-electron chi connectivity index (χ0n) is 12.0. The van der Waals surface area contributed by atoms with Gasteiger partial charge in [0.15, 0.2) is 5.78 Å². The van der Waals surface area contributed by atoms with Crippen LogP contribution in [0.5, 0.6) is 0 Å². The molecule has 0 spiro atoms. The number of benzene rings is 1. The monoisotopic (exact) mass is 288 g/mol. The third-order valence-corrected chi connectivity index (χ3v) is 3.93. The average molecular weight is 288 g/mol. The molecule has 1 aromatic carbocycles. The van der Waals surface area contributed by atoms with Crippen LogP contribution in [-0.2, 0) is 4.79 Å². The summed E-state index contributed by atoms with van der Waals surface area (Å²) < 4.78 is 13.4. The summed E-state index contributed by atoms with van der Waals surface area (Å²) in [4.78, 5) is 24.3. The maximum atomic E-state index is 13.4. The van der Waals surface area contributed by atoms with Gasteiger partial charge in [0, 0.05) is 17.7 Å². The minimum absolute atomic E-state index is 0.00279. The number of urea groups is 1. The topological polar surface area (TPSA) is 58.2 Å². The normalized spacial score (nSPS) is 24.2. The average Bonchev–Trinajstić information content (AvgIpc) is 2.35. The van der Waals surface area contributed by atoms with Gasteiger partial charge in [-0.25, -0.2) is 9.18 Å². The molecule has 0 aromatic heterocycles. The standard InChI is InChI=1S/C16H17FN2O2/c1-16(2)7-11-13(12(20)8-16)14(19-15(21)18-11)9-4-3-5-10(17)6-9/h3-6,14H,7-8H2,1-2H3,(H2,18,19,21). The number of amides is 2. The van der Waals surface area contributed by atoms with Crippen LogP contribution in [0.3, 0.4) is 0 Å². The van der Waals surface area contributed by atoms with E-state index in [1.807, 2.05) is 13.8 Å². The number of carbonyl (C=O) groups is 2. The van der Waals surface area contributed by atoms with Crippen LogP contribution < -0.4 is 10.6 Å². The van der Waals surface area contributed by atoms with Crippen LogP contribution in [0.25, 0.3) is 0 Å². The molecule has 1 aromatic rings. The van der Waals surface area contributed by atoms with Crippen molar-refractivity contribution >= 4 is 11.8 Å². The molecule has 2 aliphatic rings. The summed E-state index contributed by atoms with van der Waals surface area (Å²) in [6.45, 7) is 4.00. The lowest BCUT2D eigenvalue weighted by Crippen LogP contribution is -2.48. The summed E-state index contributed by atoms with van der Waals surface area (Å²) in [5.41, 5.74) is 1.63. The highest BCUT2D eigenvalue weighted by Crippen LogP contribution is 2.41. The molecule has 1 unspecified atom stereocenters. The van der Waals surface area contributed by atoms with E-state index < -0.39 is 6.04 Å². The Morgan fingerprint density at radius 1 is 1.24 bits per heavy atom. The van der Waals surface area contributed by atoms with Crippen LogP contribution in [0, 0.1) is 11.2 Å². The van der Waals surface area contributed by atoms with Crippen LogP contribution in [0.1, 0.15) is 38.3 Å². The molecule has 4 nitrogen and oxygen atoms in total. The molecule has 5 heteroatoms. The minimum atomic E-state index is -0.576. The number of ketones is 1. The molecule has 1 aliphatic heterocycles. The molecule has 0 radical (unpaired) electrons. The number of hydrogen-bond donors (Lipinski definition) is 2. The first-order valence-electron chi connectivity index (χ1n) is 6.95. The number of halogens is 1. The minimum Gasteiger partial charge on any atom is -0.327 e. The molecule has 3 rings (SSSR count). The van der Waals surface area contributed by atoms with Gasteiger partial charge in [-0.05, 0) is 29.5 Å². The van der Waals surface area contributed by atoms with Gasteiger partial charge in [-0.1, -0.05) is 26.0 Å². The van der Waals surface area contributed by atoms with E-state index in [2.05, 4.69) is 10.6 Å². The van der Waals surface area contributed by atoms with Gasteiger partial charge in [-0.15, -0.1) is 0 Å². The Morgan fingerprint density at radius 3 is 2.71 bits per heavy atom. The van der Waals surface area contributed by atoms with Crippen molar-refractivity contribution in [3.05, 3.63) is 46.9 Å². The predicted molar refractivity (Wildman–Crippen MR) is 75.9 cm³/mol. The second kappa shape index (κ2) is 4.69. The Labute approximate surface area is 122 Å². The van der Waals surface area contributed by atoms with Crippen molar-refractivity contribution < 1.29 is 14.0 Å². The molecule has 2 amide bonds. The lowest BCUT2D eigenvalue weighted by molar-refractivity contribution is -0.118. The van der Waals surface area contributed by atoms with Crippen molar-refractivity contribution in [2.75, 3.05) is 0 Å². The van der Waals surface area contributed by atoms with Gasteiger partial charge in [0.2, 0.25) is 0 Å². The van der Waals surface area contributed by atoms with Gasteiger partial charge in [0.25, 0.3) is 0 Å². The molecule has 1 aliphatic carbocycles. The van der Waals surface area contributed by atoms with Gasteiger partial charge in [-0.2, -0.15) is 0 Å². The van der Waals surface area contributed by atoms with E-state index in [9.17, 15) is 14.0 Å². The highest BCUT2D eigenvalue weighted by atomic mass is 19.1. The largest absolute Gasteiger partial charge is 0.327 e. The highest BCUT2D eigenvalue weighted by molar-refractivity contribution is 6.01. The molecule has 110 valence electrons. The SMILES string of the molecule is CC1(C)CC(=O)C2=C(C1)NC(=O)NC2c1cccc(F)c1. The summed E-state index contributed by atoms with van der Waals surface area (Å²) in [7, 11) is 0. The van der Waals surface area contributed by atoms with E-state index in [0.717, 1.165) is 0 Å². The van der Waals surface area contributed by atoms with E-state index in [4.69, 9.17) is 0 Å². The van der Waals surface area contributed by atoms with E-state index in [1.54, 1.807) is 12.1 Å². The number of allylic oxidation sites excluding steroid dienone is 1. The summed E-state index contributed by atoms with van der Waals surface area (Å²) in [6.07, 6.45) is 1.06. The van der Waals surface area contributed by atoms with Gasteiger partial charge in [0.05, 0.1) is 6.04 Å². The van der Waals surface area contributed by atoms with Crippen molar-refractivity contribution in [2.45, 2.75) is 32.7 Å². The van der Waals surface area contributed by atoms with Crippen molar-refractivity contribution in [3.63, 3.8) is 0 Å². The van der Waals surface area contributed by atoms with Gasteiger partial charge >= 0.3 is 6.03 Å². The summed E-state index contributed by atoms with van der Waals surface area (Å²) >= 11 is 0. The van der Waals surface area contributed by atoms with Gasteiger partial charge < -0.3 is 10.6 Å². The quantitative estimate of drug-likeness (QED) is 0.835. The molecule has 0 saturated heterocycles. The highest BCUT2D eigenvalue weighted by Gasteiger charge is 2.40. The fourth-order valence-electron chi connectivity index (χ4n) is 3.09. The zero-order chi connectivity index (χ0) is 15.2. The van der Waals surface area contributed by atoms with Crippen LogP contribution in [0.4, 0.5) is 9.18 Å². The summed E-state index contributed by atoms with van der Waals surface area (Å²) in [5.74, 6) is -0.381. The molecular weight excluding hydrogens is 271 g/mol. The van der Waals surface area contributed by atoms with Crippen molar-refractivity contribution in [1.29, 1.82) is 0 Å². The lowest BCUT2D eigenvalue weighted by atomic mass is 9.73. The first kappa shape index (κ1) is 13.8. The van der Waals surface area contributed by atoms with Crippen molar-refractivity contribution in [2.24, 2.45) is 5.41 Å². The fraction of sp³-hybridized carbons (Fsp3) is 0.375. The van der Waals surface area contributed by atoms with E-state index in [0.29, 0.717) is 29.7 Å². The number of hydrogen-bond acceptors (Lipinski definition) is 2. The number of rotatable bonds is 1. The van der Waals surface area contributed by atoms with E-state index in [-0.39, 0.29) is 23.0 Å². The summed E-state index contributed by atoms with van der Waals surface area (Å²) in [6, 6.07) is 5.07. The number of nitrogens with one attached hydrogen (secondary N) is 2. The molecular formula is C16H17FN2O2. The van der Waals surface area contributed by atoms with Crippen LogP contribution >= 0.6 is 0 Å². The van der Waals surface area contributed by atoms with Crippen LogP contribution in [0.2, 0.25) is 0 Å². The Morgan fingerprint density at radius 2 is 2.00 bits per heavy atom. The number of Topliss-reactive ketones (excluding diaryl/α,β-unsaturated/α-hetero) is 1. The second-order valence-corrected chi connectivity index (χ2v) is 6.42. The van der Waals surface area contributed by atoms with Crippen LogP contribution in [-0.4, -0.2) is 11.8 Å². The maximum Gasteiger partial charge on any atom is 0.319 e. The predicted octanol–water partition coefficient (Wildman–Crippen LogP) is 2.82. The second-order valence-electron chi connectivity index (χ2n) is 6.42. The molecule has 2 N–H and O–H groups in total. The van der Waals surface area contributed by atoms with Gasteiger partial charge in [-0.3, -0.25) is 4.79 Å². The molecule has 1 heterocycles. The summed E-state index contributed by atoms with van der Waals surface area (Å²) in [5, 5.41) is 5.46. The van der Waals surface area contributed by atoms with Crippen LogP contribution in [0.15, 0.2) is 35.5 Å². The fourth-order valence-corrected chi connectivity index (χ4v) is 3.09. The van der Waals surface area contributed by atoms with E-state index in [1.165, 1.54) is 12.1 Å². The first-order valence-corrected chi connectivity index (χ1v) is 6.95. The molecule has 1 atom stereocenters. The van der Waals surface area contributed by atoms with Gasteiger partial charge in [0.1, 0.15) is 5.82 Å². The molecule has 21 heavy (non-hydrogen) atoms.